The van der Waals surface area contributed by atoms with Gasteiger partial charge in [-0.2, -0.15) is 0 Å². The van der Waals surface area contributed by atoms with Gasteiger partial charge in [-0.15, -0.1) is 11.3 Å². The summed E-state index contributed by atoms with van der Waals surface area (Å²) in [6.45, 7) is 1.84. The number of phenols is 1. The molecule has 0 aliphatic heterocycles. The second-order valence-electron chi connectivity index (χ2n) is 3.68. The number of aryl methyl sites for hydroxylation is 1. The highest BCUT2D eigenvalue weighted by Crippen LogP contribution is 2.30. The molecule has 0 spiro atoms. The fourth-order valence-corrected chi connectivity index (χ4v) is 2.76. The molecule has 94 valence electrons. The van der Waals surface area contributed by atoms with Crippen molar-refractivity contribution in [2.24, 2.45) is 0 Å². The van der Waals surface area contributed by atoms with Crippen molar-refractivity contribution in [1.82, 2.24) is 0 Å². The van der Waals surface area contributed by atoms with Crippen LogP contribution in [0.4, 0.5) is 5.69 Å². The highest BCUT2D eigenvalue weighted by Gasteiger charge is 2.15. The Bertz CT molecular complexity index is 610. The number of rotatable bonds is 2. The van der Waals surface area contributed by atoms with Gasteiger partial charge in [-0.05, 0) is 30.0 Å². The van der Waals surface area contributed by atoms with E-state index in [1.54, 1.807) is 0 Å². The van der Waals surface area contributed by atoms with Crippen LogP contribution in [0.25, 0.3) is 0 Å². The number of aromatic hydroxyl groups is 1. The van der Waals surface area contributed by atoms with Gasteiger partial charge in [0.05, 0.1) is 15.7 Å². The van der Waals surface area contributed by atoms with Crippen molar-refractivity contribution < 1.29 is 9.90 Å². The first kappa shape index (κ1) is 13.2. The molecule has 0 unspecified atom stereocenters. The summed E-state index contributed by atoms with van der Waals surface area (Å²) in [6, 6.07) is 4.34. The molecule has 0 radical (unpaired) electrons. The number of halogens is 2. The SMILES string of the molecule is Cc1csc(C(=O)Nc2ccc(O)cc2Cl)c1Cl. The Hall–Kier alpha value is -1.23. The fourth-order valence-electron chi connectivity index (χ4n) is 1.37. The molecule has 2 aromatic rings. The third kappa shape index (κ3) is 2.61. The average molecular weight is 302 g/mol. The Kier molecular flexibility index (Phi) is 3.80. The van der Waals surface area contributed by atoms with E-state index in [1.165, 1.54) is 29.5 Å². The molecule has 1 aromatic carbocycles. The van der Waals surface area contributed by atoms with Crippen LogP contribution >= 0.6 is 34.5 Å². The average Bonchev–Trinajstić information content (AvgIpc) is 2.64. The first-order chi connectivity index (χ1) is 8.49. The molecule has 3 nitrogen and oxygen atoms in total. The maximum atomic E-state index is 12.0. The van der Waals surface area contributed by atoms with E-state index in [2.05, 4.69) is 5.32 Å². The number of nitrogens with one attached hydrogen (secondary N) is 1. The number of thiophene rings is 1. The molecule has 2 rings (SSSR count). The maximum Gasteiger partial charge on any atom is 0.267 e. The van der Waals surface area contributed by atoms with Gasteiger partial charge in [0, 0.05) is 6.07 Å². The van der Waals surface area contributed by atoms with Crippen molar-refractivity contribution in [3.63, 3.8) is 0 Å². The number of anilines is 1. The molecular formula is C12H9Cl2NO2S. The van der Waals surface area contributed by atoms with Crippen LogP contribution in [0.2, 0.25) is 10.0 Å². The first-order valence-corrected chi connectivity index (χ1v) is 6.66. The maximum absolute atomic E-state index is 12.0. The van der Waals surface area contributed by atoms with E-state index in [4.69, 9.17) is 23.2 Å². The summed E-state index contributed by atoms with van der Waals surface area (Å²) in [5, 5.41) is 14.4. The van der Waals surface area contributed by atoms with Crippen molar-refractivity contribution in [3.05, 3.63) is 44.1 Å². The summed E-state index contributed by atoms with van der Waals surface area (Å²) in [6.07, 6.45) is 0. The highest BCUT2D eigenvalue weighted by atomic mass is 35.5. The lowest BCUT2D eigenvalue weighted by Crippen LogP contribution is -2.11. The second kappa shape index (κ2) is 5.18. The lowest BCUT2D eigenvalue weighted by Gasteiger charge is -2.06. The summed E-state index contributed by atoms with van der Waals surface area (Å²) in [7, 11) is 0. The van der Waals surface area contributed by atoms with Crippen LogP contribution in [0, 0.1) is 6.92 Å². The zero-order chi connectivity index (χ0) is 13.3. The van der Waals surface area contributed by atoms with Gasteiger partial charge in [-0.3, -0.25) is 4.79 Å². The zero-order valence-electron chi connectivity index (χ0n) is 9.33. The van der Waals surface area contributed by atoms with Crippen molar-refractivity contribution >= 4 is 46.1 Å². The topological polar surface area (TPSA) is 49.3 Å². The number of carbonyl (C=O) groups is 1. The molecular weight excluding hydrogens is 293 g/mol. The molecule has 0 saturated heterocycles. The summed E-state index contributed by atoms with van der Waals surface area (Å²) in [5.41, 5.74) is 1.30. The van der Waals surface area contributed by atoms with Crippen LogP contribution in [0.3, 0.4) is 0 Å². The second-order valence-corrected chi connectivity index (χ2v) is 5.34. The zero-order valence-corrected chi connectivity index (χ0v) is 11.7. The van der Waals surface area contributed by atoms with Crippen molar-refractivity contribution in [1.29, 1.82) is 0 Å². The third-order valence-corrected chi connectivity index (χ3v) is 4.31. The van der Waals surface area contributed by atoms with E-state index in [9.17, 15) is 9.90 Å². The molecule has 18 heavy (non-hydrogen) atoms. The minimum atomic E-state index is -0.314. The Morgan fingerprint density at radius 2 is 2.11 bits per heavy atom. The lowest BCUT2D eigenvalue weighted by atomic mass is 10.3. The van der Waals surface area contributed by atoms with Gasteiger partial charge in [0.2, 0.25) is 0 Å². The van der Waals surface area contributed by atoms with E-state index < -0.39 is 0 Å². The number of carbonyl (C=O) groups excluding carboxylic acids is 1. The van der Waals surface area contributed by atoms with Crippen LogP contribution in [0.15, 0.2) is 23.6 Å². The van der Waals surface area contributed by atoms with Crippen molar-refractivity contribution in [2.75, 3.05) is 5.32 Å². The first-order valence-electron chi connectivity index (χ1n) is 5.02. The Balaban J connectivity index is 2.24. The lowest BCUT2D eigenvalue weighted by molar-refractivity contribution is 0.103. The van der Waals surface area contributed by atoms with Gasteiger partial charge in [0.15, 0.2) is 0 Å². The van der Waals surface area contributed by atoms with Gasteiger partial charge in [0.1, 0.15) is 10.6 Å². The number of hydrogen-bond acceptors (Lipinski definition) is 3. The Morgan fingerprint density at radius 1 is 1.39 bits per heavy atom. The van der Waals surface area contributed by atoms with Crippen LogP contribution in [-0.4, -0.2) is 11.0 Å². The van der Waals surface area contributed by atoms with Gasteiger partial charge >= 0.3 is 0 Å². The molecule has 1 aromatic heterocycles. The summed E-state index contributed by atoms with van der Waals surface area (Å²) in [4.78, 5) is 12.4. The summed E-state index contributed by atoms with van der Waals surface area (Å²) >= 11 is 13.2. The predicted octanol–water partition coefficient (Wildman–Crippen LogP) is 4.32. The molecule has 0 aliphatic rings. The van der Waals surface area contributed by atoms with Crippen LogP contribution in [0.1, 0.15) is 15.2 Å². The van der Waals surface area contributed by atoms with Crippen LogP contribution in [0.5, 0.6) is 5.75 Å². The van der Waals surface area contributed by atoms with Gasteiger partial charge in [-0.1, -0.05) is 23.2 Å². The molecule has 0 fully saturated rings. The standard InChI is InChI=1S/C12H9Cl2NO2S/c1-6-5-18-11(10(6)14)12(17)15-9-3-2-7(16)4-8(9)13/h2-5,16H,1H3,(H,15,17). The van der Waals surface area contributed by atoms with E-state index >= 15 is 0 Å². The number of phenolic OH excluding ortho intramolecular Hbond substituents is 1. The molecule has 2 N–H and O–H groups in total. The molecule has 6 heteroatoms. The predicted molar refractivity (Wildman–Crippen MR) is 75.1 cm³/mol. The Morgan fingerprint density at radius 3 is 2.67 bits per heavy atom. The Labute approximate surface area is 118 Å². The van der Waals surface area contributed by atoms with Gasteiger partial charge in [0.25, 0.3) is 5.91 Å². The quantitative estimate of drug-likeness (QED) is 0.812. The van der Waals surface area contributed by atoms with Crippen molar-refractivity contribution in [2.45, 2.75) is 6.92 Å². The number of hydrogen-bond donors (Lipinski definition) is 2. The van der Waals surface area contributed by atoms with E-state index in [1.807, 2.05) is 12.3 Å². The normalized spacial score (nSPS) is 10.4. The minimum absolute atomic E-state index is 0.0444. The number of benzene rings is 1. The number of amides is 1. The van der Waals surface area contributed by atoms with Crippen molar-refractivity contribution in [3.8, 4) is 5.75 Å². The molecule has 1 amide bonds. The van der Waals surface area contributed by atoms with E-state index in [-0.39, 0.29) is 16.7 Å². The van der Waals surface area contributed by atoms with Gasteiger partial charge < -0.3 is 10.4 Å². The van der Waals surface area contributed by atoms with Gasteiger partial charge in [-0.25, -0.2) is 0 Å². The van der Waals surface area contributed by atoms with E-state index in [0.717, 1.165) is 5.56 Å². The molecule has 0 atom stereocenters. The summed E-state index contributed by atoms with van der Waals surface area (Å²) in [5.74, 6) is -0.270. The fraction of sp³-hybridized carbons (Fsp3) is 0.0833. The largest absolute Gasteiger partial charge is 0.508 e. The van der Waals surface area contributed by atoms with E-state index in [0.29, 0.717) is 15.6 Å². The van der Waals surface area contributed by atoms with Crippen LogP contribution in [-0.2, 0) is 0 Å². The minimum Gasteiger partial charge on any atom is -0.508 e. The highest BCUT2D eigenvalue weighted by molar-refractivity contribution is 7.13. The molecule has 1 heterocycles. The third-order valence-electron chi connectivity index (χ3n) is 2.31. The molecule has 0 saturated carbocycles. The molecule has 0 aliphatic carbocycles. The monoisotopic (exact) mass is 301 g/mol. The summed E-state index contributed by atoms with van der Waals surface area (Å²) < 4.78 is 0. The smallest absolute Gasteiger partial charge is 0.267 e. The molecule has 0 bridgehead atoms. The van der Waals surface area contributed by atoms with Crippen LogP contribution < -0.4 is 5.32 Å².